The van der Waals surface area contributed by atoms with E-state index < -0.39 is 11.4 Å². The van der Waals surface area contributed by atoms with Gasteiger partial charge < -0.3 is 10.1 Å². The van der Waals surface area contributed by atoms with Gasteiger partial charge in [-0.1, -0.05) is 66.7 Å². The first-order chi connectivity index (χ1) is 13.5. The second-order valence-electron chi connectivity index (χ2n) is 6.99. The summed E-state index contributed by atoms with van der Waals surface area (Å²) < 4.78 is 5.33. The summed E-state index contributed by atoms with van der Waals surface area (Å²) in [5.41, 5.74) is 1.00. The van der Waals surface area contributed by atoms with E-state index in [4.69, 9.17) is 4.74 Å². The molecule has 2 aromatic carbocycles. The highest BCUT2D eigenvalue weighted by atomic mass is 32.1. The van der Waals surface area contributed by atoms with Crippen LogP contribution in [0.4, 0.5) is 0 Å². The van der Waals surface area contributed by atoms with Crippen LogP contribution in [0.2, 0.25) is 0 Å². The second kappa shape index (κ2) is 8.85. The normalized spacial score (nSPS) is 12.2. The molecule has 0 unspecified atom stereocenters. The molecule has 1 heterocycles. The van der Waals surface area contributed by atoms with Gasteiger partial charge in [0, 0.05) is 4.88 Å². The summed E-state index contributed by atoms with van der Waals surface area (Å²) in [6.07, 6.45) is 0. The molecule has 0 aliphatic heterocycles. The first-order valence-electron chi connectivity index (χ1n) is 9.09. The fourth-order valence-electron chi connectivity index (χ4n) is 2.91. The SMILES string of the molecule is CC(C)(C(=O)OCC(=O)N[C@@H](c1ccccc1)c1cccs1)c1ccccc1. The number of benzene rings is 2. The summed E-state index contributed by atoms with van der Waals surface area (Å²) in [5.74, 6) is -0.763. The average Bonchev–Trinajstić information content (AvgIpc) is 3.26. The van der Waals surface area contributed by atoms with Crippen LogP contribution in [-0.4, -0.2) is 18.5 Å². The van der Waals surface area contributed by atoms with Crippen LogP contribution in [0.25, 0.3) is 0 Å². The van der Waals surface area contributed by atoms with Crippen LogP contribution in [0.1, 0.15) is 35.9 Å². The van der Waals surface area contributed by atoms with Gasteiger partial charge in [0.2, 0.25) is 0 Å². The van der Waals surface area contributed by atoms with Gasteiger partial charge >= 0.3 is 5.97 Å². The highest BCUT2D eigenvalue weighted by Gasteiger charge is 2.32. The molecule has 0 spiro atoms. The lowest BCUT2D eigenvalue weighted by molar-refractivity contribution is -0.153. The van der Waals surface area contributed by atoms with Crippen molar-refractivity contribution in [1.29, 1.82) is 0 Å². The molecule has 1 amide bonds. The van der Waals surface area contributed by atoms with Gasteiger partial charge in [0.25, 0.3) is 5.91 Å². The molecule has 0 saturated carbocycles. The Morgan fingerprint density at radius 3 is 2.21 bits per heavy atom. The molecule has 1 aromatic heterocycles. The van der Waals surface area contributed by atoms with Crippen molar-refractivity contribution in [2.75, 3.05) is 6.61 Å². The van der Waals surface area contributed by atoms with Gasteiger partial charge in [0.1, 0.15) is 0 Å². The molecule has 1 N–H and O–H groups in total. The van der Waals surface area contributed by atoms with Crippen LogP contribution in [0.3, 0.4) is 0 Å². The number of hydrogen-bond acceptors (Lipinski definition) is 4. The zero-order valence-corrected chi connectivity index (χ0v) is 16.7. The van der Waals surface area contributed by atoms with Gasteiger partial charge in [0.05, 0.1) is 11.5 Å². The Labute approximate surface area is 169 Å². The van der Waals surface area contributed by atoms with Crippen molar-refractivity contribution in [1.82, 2.24) is 5.32 Å². The van der Waals surface area contributed by atoms with Gasteiger partial charge in [-0.3, -0.25) is 9.59 Å². The van der Waals surface area contributed by atoms with Crippen LogP contribution >= 0.6 is 11.3 Å². The Morgan fingerprint density at radius 2 is 1.61 bits per heavy atom. The van der Waals surface area contributed by atoms with Crippen molar-refractivity contribution in [2.45, 2.75) is 25.3 Å². The summed E-state index contributed by atoms with van der Waals surface area (Å²) in [4.78, 5) is 26.1. The Kier molecular flexibility index (Phi) is 6.26. The number of carbonyl (C=O) groups excluding carboxylic acids is 2. The van der Waals surface area contributed by atoms with Crippen molar-refractivity contribution < 1.29 is 14.3 Å². The summed E-state index contributed by atoms with van der Waals surface area (Å²) >= 11 is 1.57. The number of rotatable bonds is 7. The van der Waals surface area contributed by atoms with E-state index in [1.165, 1.54) is 0 Å². The number of ether oxygens (including phenoxy) is 1. The Morgan fingerprint density at radius 1 is 0.964 bits per heavy atom. The minimum atomic E-state index is -0.825. The highest BCUT2D eigenvalue weighted by Crippen LogP contribution is 2.26. The number of hydrogen-bond donors (Lipinski definition) is 1. The molecule has 1 atom stereocenters. The van der Waals surface area contributed by atoms with E-state index in [2.05, 4.69) is 5.32 Å². The van der Waals surface area contributed by atoms with Crippen LogP contribution in [0.15, 0.2) is 78.2 Å². The van der Waals surface area contributed by atoms with E-state index in [9.17, 15) is 9.59 Å². The summed E-state index contributed by atoms with van der Waals surface area (Å²) in [6.45, 7) is 3.27. The van der Waals surface area contributed by atoms with Crippen LogP contribution in [-0.2, 0) is 19.7 Å². The van der Waals surface area contributed by atoms with Crippen LogP contribution in [0.5, 0.6) is 0 Å². The van der Waals surface area contributed by atoms with E-state index in [0.717, 1.165) is 16.0 Å². The fraction of sp³-hybridized carbons (Fsp3) is 0.217. The zero-order valence-electron chi connectivity index (χ0n) is 15.9. The fourth-order valence-corrected chi connectivity index (χ4v) is 3.71. The van der Waals surface area contributed by atoms with Crippen molar-refractivity contribution >= 4 is 23.2 Å². The summed E-state index contributed by atoms with van der Waals surface area (Å²) in [7, 11) is 0. The molecule has 0 fully saturated rings. The number of nitrogens with one attached hydrogen (secondary N) is 1. The predicted octanol–water partition coefficient (Wildman–Crippen LogP) is 4.47. The van der Waals surface area contributed by atoms with Crippen molar-refractivity contribution in [2.24, 2.45) is 0 Å². The number of esters is 1. The maximum atomic E-state index is 12.6. The first-order valence-corrected chi connectivity index (χ1v) is 9.97. The van der Waals surface area contributed by atoms with E-state index in [-0.39, 0.29) is 18.6 Å². The second-order valence-corrected chi connectivity index (χ2v) is 7.97. The third kappa shape index (κ3) is 4.67. The standard InChI is InChI=1S/C23H23NO3S/c1-23(2,18-12-7-4-8-13-18)22(26)27-16-20(25)24-21(19-14-9-15-28-19)17-10-5-3-6-11-17/h3-15,21H,16H2,1-2H3,(H,24,25)/t21-/m0/s1. The molecule has 0 bridgehead atoms. The molecule has 0 radical (unpaired) electrons. The largest absolute Gasteiger partial charge is 0.455 e. The van der Waals surface area contributed by atoms with Crippen molar-refractivity contribution in [3.63, 3.8) is 0 Å². The summed E-state index contributed by atoms with van der Waals surface area (Å²) in [6, 6.07) is 22.8. The number of amides is 1. The molecule has 4 nitrogen and oxygen atoms in total. The van der Waals surface area contributed by atoms with Gasteiger partial charge in [-0.25, -0.2) is 0 Å². The molecule has 144 valence electrons. The monoisotopic (exact) mass is 393 g/mol. The molecule has 0 saturated heterocycles. The van der Waals surface area contributed by atoms with Crippen molar-refractivity contribution in [3.8, 4) is 0 Å². The molecule has 0 aliphatic carbocycles. The molecular formula is C23H23NO3S. The zero-order chi connectivity index (χ0) is 20.0. The highest BCUT2D eigenvalue weighted by molar-refractivity contribution is 7.10. The maximum Gasteiger partial charge on any atom is 0.316 e. The number of carbonyl (C=O) groups is 2. The molecule has 3 aromatic rings. The first kappa shape index (κ1) is 19.8. The third-order valence-corrected chi connectivity index (χ3v) is 5.54. The lowest BCUT2D eigenvalue weighted by Gasteiger charge is -2.23. The third-order valence-electron chi connectivity index (χ3n) is 4.61. The topological polar surface area (TPSA) is 55.4 Å². The molecule has 0 aliphatic rings. The van der Waals surface area contributed by atoms with E-state index in [1.807, 2.05) is 78.2 Å². The smallest absolute Gasteiger partial charge is 0.316 e. The van der Waals surface area contributed by atoms with Gasteiger partial charge in [-0.2, -0.15) is 0 Å². The van der Waals surface area contributed by atoms with E-state index >= 15 is 0 Å². The molecular weight excluding hydrogens is 370 g/mol. The van der Waals surface area contributed by atoms with Crippen LogP contribution in [0, 0.1) is 0 Å². The van der Waals surface area contributed by atoms with Gasteiger partial charge in [-0.05, 0) is 36.4 Å². The maximum absolute atomic E-state index is 12.6. The van der Waals surface area contributed by atoms with E-state index in [1.54, 1.807) is 25.2 Å². The van der Waals surface area contributed by atoms with Gasteiger partial charge in [-0.15, -0.1) is 11.3 Å². The van der Waals surface area contributed by atoms with Gasteiger partial charge in [0.15, 0.2) is 6.61 Å². The number of thiophene rings is 1. The minimum Gasteiger partial charge on any atom is -0.455 e. The lowest BCUT2D eigenvalue weighted by Crippen LogP contribution is -2.36. The lowest BCUT2D eigenvalue weighted by atomic mass is 9.85. The summed E-state index contributed by atoms with van der Waals surface area (Å²) in [5, 5.41) is 4.95. The average molecular weight is 394 g/mol. The molecule has 5 heteroatoms. The Hall–Kier alpha value is -2.92. The minimum absolute atomic E-state index is 0.269. The Bertz CT molecular complexity index is 906. The van der Waals surface area contributed by atoms with Crippen LogP contribution < -0.4 is 5.32 Å². The van der Waals surface area contributed by atoms with Crippen molar-refractivity contribution in [3.05, 3.63) is 94.2 Å². The molecule has 3 rings (SSSR count). The Balaban J connectivity index is 1.65. The van der Waals surface area contributed by atoms with E-state index in [0.29, 0.717) is 0 Å². The predicted molar refractivity (Wildman–Crippen MR) is 111 cm³/mol. The molecule has 28 heavy (non-hydrogen) atoms. The quantitative estimate of drug-likeness (QED) is 0.603.